The zero-order valence-corrected chi connectivity index (χ0v) is 12.2. The van der Waals surface area contributed by atoms with Gasteiger partial charge in [-0.3, -0.25) is 9.59 Å². The first-order chi connectivity index (χ1) is 9.56. The minimum absolute atomic E-state index is 0.215. The zero-order valence-electron chi connectivity index (χ0n) is 10.6. The van der Waals surface area contributed by atoms with E-state index in [2.05, 4.69) is 21.2 Å². The van der Waals surface area contributed by atoms with Gasteiger partial charge in [-0.25, -0.2) is 0 Å². The number of hydrogen-bond acceptors (Lipinski definition) is 2. The molecule has 1 amide bonds. The summed E-state index contributed by atoms with van der Waals surface area (Å²) in [5, 5.41) is 11.6. The average Bonchev–Trinajstić information content (AvgIpc) is 2.86. The molecule has 0 aromatic heterocycles. The molecule has 0 aliphatic heterocycles. The van der Waals surface area contributed by atoms with E-state index in [9.17, 15) is 9.59 Å². The van der Waals surface area contributed by atoms with Crippen molar-refractivity contribution in [3.05, 3.63) is 52.5 Å². The van der Waals surface area contributed by atoms with Gasteiger partial charge in [0.2, 0.25) is 5.91 Å². The van der Waals surface area contributed by atoms with Gasteiger partial charge in [0, 0.05) is 16.6 Å². The highest BCUT2D eigenvalue weighted by Gasteiger charge is 2.24. The molecule has 0 saturated heterocycles. The Bertz CT molecular complexity index is 580. The molecular formula is C15H14BrNO3. The van der Waals surface area contributed by atoms with Crippen LogP contribution in [0.4, 0.5) is 0 Å². The smallest absolute Gasteiger partial charge is 0.310 e. The van der Waals surface area contributed by atoms with E-state index < -0.39 is 11.9 Å². The molecule has 2 N–H and O–H groups in total. The van der Waals surface area contributed by atoms with Crippen molar-refractivity contribution >= 4 is 33.9 Å². The Balaban J connectivity index is 1.90. The summed E-state index contributed by atoms with van der Waals surface area (Å²) in [6, 6.07) is 7.36. The van der Waals surface area contributed by atoms with Crippen molar-refractivity contribution in [2.75, 3.05) is 0 Å². The number of halogens is 1. The maximum Gasteiger partial charge on any atom is 0.310 e. The molecule has 1 aliphatic carbocycles. The van der Waals surface area contributed by atoms with Crippen molar-refractivity contribution in [3.63, 3.8) is 0 Å². The summed E-state index contributed by atoms with van der Waals surface area (Å²) >= 11 is 3.40. The predicted octanol–water partition coefficient (Wildman–Crippen LogP) is 2.61. The highest BCUT2D eigenvalue weighted by atomic mass is 79.9. The zero-order chi connectivity index (χ0) is 14.5. The third-order valence-electron chi connectivity index (χ3n) is 3.05. The number of carbonyl (C=O) groups excluding carboxylic acids is 1. The van der Waals surface area contributed by atoms with Crippen molar-refractivity contribution < 1.29 is 14.7 Å². The molecule has 0 spiro atoms. The minimum atomic E-state index is -0.859. The molecule has 2 atom stereocenters. The number of hydrogen-bond donors (Lipinski definition) is 2. The number of amides is 1. The number of benzene rings is 1. The molecule has 1 aromatic rings. The second-order valence-electron chi connectivity index (χ2n) is 4.54. The Hall–Kier alpha value is -1.88. The fourth-order valence-electron chi connectivity index (χ4n) is 2.00. The van der Waals surface area contributed by atoms with Crippen LogP contribution in [0.15, 0.2) is 47.0 Å². The van der Waals surface area contributed by atoms with Crippen molar-refractivity contribution in [2.24, 2.45) is 5.92 Å². The number of carboxylic acids is 1. The van der Waals surface area contributed by atoms with Gasteiger partial charge in [-0.05, 0) is 24.1 Å². The summed E-state index contributed by atoms with van der Waals surface area (Å²) in [5.74, 6) is -1.60. The molecule has 0 bridgehead atoms. The highest BCUT2D eigenvalue weighted by molar-refractivity contribution is 9.10. The summed E-state index contributed by atoms with van der Waals surface area (Å²) in [6.07, 6.45) is 6.91. The second kappa shape index (κ2) is 6.52. The molecule has 0 radical (unpaired) electrons. The second-order valence-corrected chi connectivity index (χ2v) is 5.39. The van der Waals surface area contributed by atoms with E-state index in [-0.39, 0.29) is 11.9 Å². The standard InChI is InChI=1S/C15H14BrNO3/c16-13-4-2-1-3-10(13)6-8-14(18)17-12-7-5-11(9-12)15(19)20/h1-8,11-12H,9H2,(H,17,18)(H,19,20). The summed E-state index contributed by atoms with van der Waals surface area (Å²) in [7, 11) is 0. The molecule has 0 heterocycles. The average molecular weight is 336 g/mol. The van der Waals surface area contributed by atoms with Gasteiger partial charge in [-0.1, -0.05) is 46.3 Å². The molecule has 20 heavy (non-hydrogen) atoms. The molecule has 2 rings (SSSR count). The summed E-state index contributed by atoms with van der Waals surface area (Å²) < 4.78 is 0.913. The number of rotatable bonds is 4. The lowest BCUT2D eigenvalue weighted by molar-refractivity contribution is -0.140. The first-order valence-electron chi connectivity index (χ1n) is 6.20. The van der Waals surface area contributed by atoms with E-state index in [0.29, 0.717) is 6.42 Å². The third-order valence-corrected chi connectivity index (χ3v) is 3.77. The van der Waals surface area contributed by atoms with Crippen molar-refractivity contribution in [1.29, 1.82) is 0 Å². The van der Waals surface area contributed by atoms with Gasteiger partial charge in [0.15, 0.2) is 0 Å². The van der Waals surface area contributed by atoms with Gasteiger partial charge in [-0.15, -0.1) is 0 Å². The topological polar surface area (TPSA) is 66.4 Å². The van der Waals surface area contributed by atoms with E-state index in [1.807, 2.05) is 24.3 Å². The number of aliphatic carboxylic acids is 1. The molecule has 104 valence electrons. The Morgan fingerprint density at radius 3 is 2.70 bits per heavy atom. The monoisotopic (exact) mass is 335 g/mol. The Morgan fingerprint density at radius 1 is 1.30 bits per heavy atom. The van der Waals surface area contributed by atoms with Crippen LogP contribution in [0.2, 0.25) is 0 Å². The van der Waals surface area contributed by atoms with Gasteiger partial charge in [0.1, 0.15) is 0 Å². The van der Waals surface area contributed by atoms with Crippen LogP contribution in [0.3, 0.4) is 0 Å². The van der Waals surface area contributed by atoms with Crippen LogP contribution < -0.4 is 5.32 Å². The molecule has 4 nitrogen and oxygen atoms in total. The highest BCUT2D eigenvalue weighted by Crippen LogP contribution is 2.19. The first kappa shape index (κ1) is 14.5. The Kier molecular flexibility index (Phi) is 4.74. The van der Waals surface area contributed by atoms with Crippen LogP contribution in [-0.2, 0) is 9.59 Å². The first-order valence-corrected chi connectivity index (χ1v) is 7.00. The van der Waals surface area contributed by atoms with E-state index in [0.717, 1.165) is 10.0 Å². The molecule has 2 unspecified atom stereocenters. The lowest BCUT2D eigenvalue weighted by Gasteiger charge is -2.10. The number of nitrogens with one attached hydrogen (secondary N) is 1. The molecule has 1 aromatic carbocycles. The lowest BCUT2D eigenvalue weighted by atomic mass is 10.1. The normalized spacial score (nSPS) is 21.2. The van der Waals surface area contributed by atoms with Crippen LogP contribution in [0.25, 0.3) is 6.08 Å². The fourth-order valence-corrected chi connectivity index (χ4v) is 2.41. The van der Waals surface area contributed by atoms with Gasteiger partial charge in [0.25, 0.3) is 0 Å². The third kappa shape index (κ3) is 3.81. The van der Waals surface area contributed by atoms with Gasteiger partial charge in [0.05, 0.1) is 5.92 Å². The number of carboxylic acid groups (broad SMARTS) is 1. The largest absolute Gasteiger partial charge is 0.481 e. The molecule has 5 heteroatoms. The molecule has 0 fully saturated rings. The van der Waals surface area contributed by atoms with Crippen molar-refractivity contribution in [1.82, 2.24) is 5.32 Å². The fraction of sp³-hybridized carbons (Fsp3) is 0.200. The number of carbonyl (C=O) groups is 2. The molecule has 0 saturated carbocycles. The Labute approximate surface area is 125 Å². The molecule has 1 aliphatic rings. The van der Waals surface area contributed by atoms with E-state index >= 15 is 0 Å². The maximum absolute atomic E-state index is 11.8. The van der Waals surface area contributed by atoms with Crippen LogP contribution >= 0.6 is 15.9 Å². The van der Waals surface area contributed by atoms with Crippen molar-refractivity contribution in [2.45, 2.75) is 12.5 Å². The molecular weight excluding hydrogens is 322 g/mol. The minimum Gasteiger partial charge on any atom is -0.481 e. The van der Waals surface area contributed by atoms with Gasteiger partial charge in [-0.2, -0.15) is 0 Å². The van der Waals surface area contributed by atoms with Crippen molar-refractivity contribution in [3.8, 4) is 0 Å². The summed E-state index contributed by atoms with van der Waals surface area (Å²) in [5.41, 5.74) is 0.910. The summed E-state index contributed by atoms with van der Waals surface area (Å²) in [6.45, 7) is 0. The quantitative estimate of drug-likeness (QED) is 0.656. The van der Waals surface area contributed by atoms with Crippen LogP contribution in [0.5, 0.6) is 0 Å². The predicted molar refractivity (Wildman–Crippen MR) is 80.0 cm³/mol. The maximum atomic E-state index is 11.8. The van der Waals surface area contributed by atoms with E-state index in [1.54, 1.807) is 18.2 Å². The van der Waals surface area contributed by atoms with Gasteiger partial charge >= 0.3 is 5.97 Å². The van der Waals surface area contributed by atoms with E-state index in [4.69, 9.17) is 5.11 Å². The van der Waals surface area contributed by atoms with E-state index in [1.165, 1.54) is 6.08 Å². The van der Waals surface area contributed by atoms with Crippen LogP contribution in [-0.4, -0.2) is 23.0 Å². The van der Waals surface area contributed by atoms with Crippen LogP contribution in [0.1, 0.15) is 12.0 Å². The SMILES string of the molecule is O=C(C=Cc1ccccc1Br)NC1C=CC(C(=O)O)C1. The summed E-state index contributed by atoms with van der Waals surface area (Å²) in [4.78, 5) is 22.6. The van der Waals surface area contributed by atoms with Crippen LogP contribution in [0, 0.1) is 5.92 Å². The lowest BCUT2D eigenvalue weighted by Crippen LogP contribution is -2.31. The Morgan fingerprint density at radius 2 is 2.05 bits per heavy atom. The van der Waals surface area contributed by atoms with Gasteiger partial charge < -0.3 is 10.4 Å².